The molecular weight excluding hydrogens is 273 g/mol. The molecule has 2 nitrogen and oxygen atoms in total. The lowest BCUT2D eigenvalue weighted by Crippen LogP contribution is -2.27. The van der Waals surface area contributed by atoms with Gasteiger partial charge in [-0.25, -0.2) is 4.39 Å². The Balaban J connectivity index is 2.22. The number of nitrogens with one attached hydrogen (secondary N) is 1. The molecule has 0 saturated carbocycles. The summed E-state index contributed by atoms with van der Waals surface area (Å²) in [6.45, 7) is 2.27. The Bertz CT molecular complexity index is 395. The number of hydrogen-bond acceptors (Lipinski definition) is 2. The molecule has 1 aliphatic carbocycles. The first-order chi connectivity index (χ1) is 7.59. The summed E-state index contributed by atoms with van der Waals surface area (Å²) >= 11 is 3.46. The second-order valence-corrected chi connectivity index (χ2v) is 5.12. The van der Waals surface area contributed by atoms with E-state index >= 15 is 0 Å². The van der Waals surface area contributed by atoms with Crippen LogP contribution >= 0.6 is 15.9 Å². The minimum absolute atomic E-state index is 0.125. The zero-order valence-corrected chi connectivity index (χ0v) is 10.7. The zero-order valence-electron chi connectivity index (χ0n) is 9.13. The molecule has 0 bridgehead atoms. The third-order valence-corrected chi connectivity index (χ3v) is 3.63. The molecule has 0 spiro atoms. The van der Waals surface area contributed by atoms with Crippen molar-refractivity contribution in [3.05, 3.63) is 33.5 Å². The molecule has 4 heteroatoms. The maximum atomic E-state index is 13.5. The Hall–Kier alpha value is -0.450. The van der Waals surface area contributed by atoms with Gasteiger partial charge in [-0.05, 0) is 43.0 Å². The predicted molar refractivity (Wildman–Crippen MR) is 64.8 cm³/mol. The molecule has 1 aromatic rings. The topological polar surface area (TPSA) is 32.3 Å². The molecule has 2 N–H and O–H groups in total. The highest BCUT2D eigenvalue weighted by Crippen LogP contribution is 2.37. The van der Waals surface area contributed by atoms with Gasteiger partial charge in [0, 0.05) is 17.1 Å². The summed E-state index contributed by atoms with van der Waals surface area (Å²) in [5, 5.41) is 12.5. The molecule has 1 aromatic carbocycles. The van der Waals surface area contributed by atoms with Crippen LogP contribution in [0.5, 0.6) is 0 Å². The van der Waals surface area contributed by atoms with E-state index in [1.54, 1.807) is 13.0 Å². The first-order valence-corrected chi connectivity index (χ1v) is 6.27. The van der Waals surface area contributed by atoms with E-state index in [0.29, 0.717) is 6.54 Å². The fraction of sp³-hybridized carbons (Fsp3) is 0.500. The summed E-state index contributed by atoms with van der Waals surface area (Å²) in [5.74, 6) is -0.125. The Labute approximate surface area is 103 Å². The average molecular weight is 288 g/mol. The largest absolute Gasteiger partial charge is 0.392 e. The molecule has 1 aliphatic rings. The fourth-order valence-corrected chi connectivity index (χ4v) is 2.84. The Kier molecular flexibility index (Phi) is 3.62. The van der Waals surface area contributed by atoms with E-state index in [-0.39, 0.29) is 18.0 Å². The van der Waals surface area contributed by atoms with Crippen LogP contribution in [0.25, 0.3) is 0 Å². The summed E-state index contributed by atoms with van der Waals surface area (Å²) in [6.07, 6.45) is 1.27. The van der Waals surface area contributed by atoms with Gasteiger partial charge in [0.2, 0.25) is 0 Å². The van der Waals surface area contributed by atoms with Crippen LogP contribution < -0.4 is 5.32 Å². The molecule has 1 unspecified atom stereocenters. The van der Waals surface area contributed by atoms with Crippen molar-refractivity contribution in [2.45, 2.75) is 31.9 Å². The first-order valence-electron chi connectivity index (χ1n) is 5.48. The van der Waals surface area contributed by atoms with Gasteiger partial charge in [-0.1, -0.05) is 15.9 Å². The molecular formula is C12H15BrFNO. The number of aliphatic hydroxyl groups excluding tert-OH is 1. The number of fused-ring (bicyclic) bond motifs is 1. The van der Waals surface area contributed by atoms with Crippen LogP contribution in [-0.2, 0) is 6.42 Å². The lowest BCUT2D eigenvalue weighted by atomic mass is 10.1. The van der Waals surface area contributed by atoms with Gasteiger partial charge in [0.1, 0.15) is 5.82 Å². The zero-order chi connectivity index (χ0) is 11.7. The Morgan fingerprint density at radius 2 is 2.38 bits per heavy atom. The molecule has 0 fully saturated rings. The van der Waals surface area contributed by atoms with E-state index in [2.05, 4.69) is 21.2 Å². The molecule has 2 atom stereocenters. The molecule has 0 radical (unpaired) electrons. The van der Waals surface area contributed by atoms with Gasteiger partial charge in [-0.3, -0.25) is 0 Å². The highest BCUT2D eigenvalue weighted by Gasteiger charge is 2.27. The van der Waals surface area contributed by atoms with Crippen molar-refractivity contribution in [3.63, 3.8) is 0 Å². The smallest absolute Gasteiger partial charge is 0.126 e. The highest BCUT2D eigenvalue weighted by molar-refractivity contribution is 9.10. The number of benzene rings is 1. The molecule has 0 amide bonds. The molecule has 88 valence electrons. The third-order valence-electron chi connectivity index (χ3n) is 2.94. The van der Waals surface area contributed by atoms with Crippen molar-refractivity contribution in [3.8, 4) is 0 Å². The number of aliphatic hydroxyl groups is 1. The van der Waals surface area contributed by atoms with Crippen LogP contribution in [0.3, 0.4) is 0 Å². The first kappa shape index (κ1) is 12.0. The lowest BCUT2D eigenvalue weighted by Gasteiger charge is -2.16. The second kappa shape index (κ2) is 4.82. The Morgan fingerprint density at radius 3 is 3.06 bits per heavy atom. The van der Waals surface area contributed by atoms with E-state index in [1.807, 2.05) is 0 Å². The Morgan fingerprint density at radius 1 is 1.62 bits per heavy atom. The van der Waals surface area contributed by atoms with Crippen LogP contribution in [0.2, 0.25) is 0 Å². The molecule has 0 aromatic heterocycles. The summed E-state index contributed by atoms with van der Waals surface area (Å²) in [7, 11) is 0. The fourth-order valence-electron chi connectivity index (χ4n) is 2.19. The number of rotatable bonds is 3. The lowest BCUT2D eigenvalue weighted by molar-refractivity contribution is 0.186. The molecule has 2 rings (SSSR count). The average Bonchev–Trinajstić information content (AvgIpc) is 2.65. The standard InChI is InChI=1S/C12H15BrFNO/c1-7(16)6-15-11-5-2-8-10(14)4-3-9(13)12(8)11/h3-4,7,11,15-16H,2,5-6H2,1H3/t7-,11?/m1/s1. The van der Waals surface area contributed by atoms with Gasteiger partial charge in [-0.2, -0.15) is 0 Å². The van der Waals surface area contributed by atoms with Crippen molar-refractivity contribution >= 4 is 15.9 Å². The summed E-state index contributed by atoms with van der Waals surface area (Å²) in [5.41, 5.74) is 1.82. The molecule has 0 aliphatic heterocycles. The predicted octanol–water partition coefficient (Wildman–Crippen LogP) is 2.55. The van der Waals surface area contributed by atoms with E-state index in [4.69, 9.17) is 0 Å². The van der Waals surface area contributed by atoms with Gasteiger partial charge in [0.05, 0.1) is 6.10 Å². The number of halogens is 2. The quantitative estimate of drug-likeness (QED) is 0.896. The van der Waals surface area contributed by atoms with E-state index < -0.39 is 0 Å². The van der Waals surface area contributed by atoms with E-state index in [1.165, 1.54) is 6.07 Å². The van der Waals surface area contributed by atoms with Crippen LogP contribution in [0, 0.1) is 5.82 Å². The van der Waals surface area contributed by atoms with Crippen molar-refractivity contribution in [1.29, 1.82) is 0 Å². The number of hydrogen-bond donors (Lipinski definition) is 2. The second-order valence-electron chi connectivity index (χ2n) is 4.27. The van der Waals surface area contributed by atoms with Gasteiger partial charge >= 0.3 is 0 Å². The van der Waals surface area contributed by atoms with E-state index in [9.17, 15) is 9.50 Å². The molecule has 0 saturated heterocycles. The van der Waals surface area contributed by atoms with Crippen molar-refractivity contribution in [2.75, 3.05) is 6.54 Å². The molecule has 0 heterocycles. The maximum Gasteiger partial charge on any atom is 0.126 e. The van der Waals surface area contributed by atoms with Gasteiger partial charge in [-0.15, -0.1) is 0 Å². The minimum atomic E-state index is -0.378. The van der Waals surface area contributed by atoms with Gasteiger partial charge in [0.15, 0.2) is 0 Å². The maximum absolute atomic E-state index is 13.5. The van der Waals surface area contributed by atoms with Gasteiger partial charge < -0.3 is 10.4 Å². The third kappa shape index (κ3) is 2.29. The normalized spacial score (nSPS) is 20.9. The molecule has 16 heavy (non-hydrogen) atoms. The van der Waals surface area contributed by atoms with Crippen LogP contribution in [0.15, 0.2) is 16.6 Å². The van der Waals surface area contributed by atoms with Crippen LogP contribution in [-0.4, -0.2) is 17.8 Å². The van der Waals surface area contributed by atoms with Crippen molar-refractivity contribution in [2.24, 2.45) is 0 Å². The minimum Gasteiger partial charge on any atom is -0.392 e. The van der Waals surface area contributed by atoms with Crippen LogP contribution in [0.4, 0.5) is 4.39 Å². The summed E-state index contributed by atoms with van der Waals surface area (Å²) < 4.78 is 14.5. The summed E-state index contributed by atoms with van der Waals surface area (Å²) in [6, 6.07) is 3.39. The van der Waals surface area contributed by atoms with Crippen molar-refractivity contribution < 1.29 is 9.50 Å². The summed E-state index contributed by atoms with van der Waals surface area (Å²) in [4.78, 5) is 0. The van der Waals surface area contributed by atoms with E-state index in [0.717, 1.165) is 28.4 Å². The highest BCUT2D eigenvalue weighted by atomic mass is 79.9. The van der Waals surface area contributed by atoms with Crippen molar-refractivity contribution in [1.82, 2.24) is 5.32 Å². The van der Waals surface area contributed by atoms with Crippen LogP contribution in [0.1, 0.15) is 30.5 Å². The monoisotopic (exact) mass is 287 g/mol. The SMILES string of the molecule is C[C@@H](O)CNC1CCc2c(F)ccc(Br)c21. The van der Waals surface area contributed by atoms with Gasteiger partial charge in [0.25, 0.3) is 0 Å².